The molecule has 2 aromatic rings. The Morgan fingerprint density at radius 3 is 2.47 bits per heavy atom. The van der Waals surface area contributed by atoms with Gasteiger partial charge in [-0.15, -0.1) is 5.10 Å². The summed E-state index contributed by atoms with van der Waals surface area (Å²) in [6, 6.07) is 6.70. The smallest absolute Gasteiger partial charge is 0.289 e. The van der Waals surface area contributed by atoms with Gasteiger partial charge in [-0.3, -0.25) is 4.79 Å². The summed E-state index contributed by atoms with van der Waals surface area (Å²) in [7, 11) is 0. The van der Waals surface area contributed by atoms with Crippen molar-refractivity contribution in [2.24, 2.45) is 27.1 Å². The molecule has 8 nitrogen and oxygen atoms in total. The molecule has 1 aromatic heterocycles. The number of anilines is 1. The Morgan fingerprint density at radius 1 is 1.12 bits per heavy atom. The van der Waals surface area contributed by atoms with Gasteiger partial charge in [-0.25, -0.2) is 4.39 Å². The van der Waals surface area contributed by atoms with Crippen LogP contribution in [0.3, 0.4) is 0 Å². The lowest BCUT2D eigenvalue weighted by molar-refractivity contribution is 0.0710. The van der Waals surface area contributed by atoms with Gasteiger partial charge >= 0.3 is 0 Å². The second kappa shape index (κ2) is 8.29. The molecule has 0 saturated carbocycles. The standard InChI is InChI=1S/C23H29FN6O2/c1-14-19-16(27-28-22(25)26)12-23(2,3)13-18(19)32-20(14)21(31)30-10-8-29(9-11-30)17-7-5-4-6-15(17)24/h4-7H,8-13H2,1-3H3,(H4,25,26,28)/b27-16-. The Hall–Kier alpha value is -3.36. The Kier molecular flexibility index (Phi) is 5.66. The van der Waals surface area contributed by atoms with Gasteiger partial charge in [0.1, 0.15) is 11.6 Å². The molecule has 9 heteroatoms. The number of para-hydroxylation sites is 1. The molecule has 0 bridgehead atoms. The molecule has 4 N–H and O–H groups in total. The summed E-state index contributed by atoms with van der Waals surface area (Å²) >= 11 is 0. The average molecular weight is 441 g/mol. The van der Waals surface area contributed by atoms with E-state index in [1.54, 1.807) is 17.0 Å². The number of carbonyl (C=O) groups is 1. The van der Waals surface area contributed by atoms with Crippen LogP contribution in [0.1, 0.15) is 47.7 Å². The summed E-state index contributed by atoms with van der Waals surface area (Å²) in [5.74, 6) is 0.523. The average Bonchev–Trinajstić information content (AvgIpc) is 3.07. The second-order valence-corrected chi connectivity index (χ2v) is 9.17. The molecule has 0 radical (unpaired) electrons. The summed E-state index contributed by atoms with van der Waals surface area (Å²) < 4.78 is 20.2. The SMILES string of the molecule is Cc1c(C(=O)N2CCN(c3ccccc3F)CC2)oc2c1/C(=N\N=C(N)N)CC(C)(C)C2. The number of hydrogen-bond donors (Lipinski definition) is 2. The van der Waals surface area contributed by atoms with Gasteiger partial charge in [0.05, 0.1) is 11.4 Å². The molecular weight excluding hydrogens is 411 g/mol. The minimum atomic E-state index is -0.253. The van der Waals surface area contributed by atoms with Crippen molar-refractivity contribution in [2.45, 2.75) is 33.6 Å². The molecule has 170 valence electrons. The fraction of sp³-hybridized carbons (Fsp3) is 0.435. The van der Waals surface area contributed by atoms with Crippen molar-refractivity contribution >= 4 is 23.3 Å². The first kappa shape index (κ1) is 21.9. The third-order valence-electron chi connectivity index (χ3n) is 6.03. The fourth-order valence-electron chi connectivity index (χ4n) is 4.52. The van der Waals surface area contributed by atoms with Gasteiger partial charge in [-0.2, -0.15) is 5.10 Å². The van der Waals surface area contributed by atoms with Crippen molar-refractivity contribution < 1.29 is 13.6 Å². The molecule has 4 rings (SSSR count). The normalized spacial score (nSPS) is 19.1. The number of halogens is 1. The third kappa shape index (κ3) is 4.19. The Bertz CT molecular complexity index is 1090. The summed E-state index contributed by atoms with van der Waals surface area (Å²) in [6.45, 7) is 8.17. The van der Waals surface area contributed by atoms with Gasteiger partial charge in [-0.1, -0.05) is 26.0 Å². The van der Waals surface area contributed by atoms with Crippen LogP contribution < -0.4 is 16.4 Å². The highest BCUT2D eigenvalue weighted by molar-refractivity contribution is 6.07. The Morgan fingerprint density at radius 2 is 1.81 bits per heavy atom. The molecule has 2 aliphatic rings. The number of hydrogen-bond acceptors (Lipinski definition) is 5. The molecular formula is C23H29FN6O2. The number of piperazine rings is 1. The van der Waals surface area contributed by atoms with E-state index in [9.17, 15) is 9.18 Å². The quantitative estimate of drug-likeness (QED) is 0.433. The predicted molar refractivity (Wildman–Crippen MR) is 122 cm³/mol. The van der Waals surface area contributed by atoms with Crippen molar-refractivity contribution in [3.05, 3.63) is 52.7 Å². The molecule has 1 fully saturated rings. The highest BCUT2D eigenvalue weighted by atomic mass is 19.1. The van der Waals surface area contributed by atoms with Gasteiger partial charge in [0.25, 0.3) is 5.91 Å². The van der Waals surface area contributed by atoms with Gasteiger partial charge < -0.3 is 25.7 Å². The van der Waals surface area contributed by atoms with Gasteiger partial charge in [-0.05, 0) is 30.9 Å². The van der Waals surface area contributed by atoms with Crippen LogP contribution in [0.2, 0.25) is 0 Å². The van der Waals surface area contributed by atoms with E-state index in [4.69, 9.17) is 15.9 Å². The van der Waals surface area contributed by atoms with Crippen LogP contribution in [0.25, 0.3) is 0 Å². The first-order valence-corrected chi connectivity index (χ1v) is 10.7. The van der Waals surface area contributed by atoms with E-state index in [-0.39, 0.29) is 23.1 Å². The molecule has 1 saturated heterocycles. The molecule has 0 atom stereocenters. The molecule has 1 aliphatic carbocycles. The highest BCUT2D eigenvalue weighted by Crippen LogP contribution is 2.39. The molecule has 1 aromatic carbocycles. The first-order valence-electron chi connectivity index (χ1n) is 10.7. The zero-order valence-corrected chi connectivity index (χ0v) is 18.7. The van der Waals surface area contributed by atoms with Crippen LogP contribution in [0.5, 0.6) is 0 Å². The number of fused-ring (bicyclic) bond motifs is 1. The summed E-state index contributed by atoms with van der Waals surface area (Å²) in [6.07, 6.45) is 1.37. The molecule has 1 amide bonds. The van der Waals surface area contributed by atoms with E-state index in [0.717, 1.165) is 16.9 Å². The van der Waals surface area contributed by atoms with E-state index >= 15 is 0 Å². The van der Waals surface area contributed by atoms with Gasteiger partial charge in [0.2, 0.25) is 5.96 Å². The zero-order valence-electron chi connectivity index (χ0n) is 18.7. The largest absolute Gasteiger partial charge is 0.455 e. The van der Waals surface area contributed by atoms with Crippen molar-refractivity contribution in [3.63, 3.8) is 0 Å². The summed E-state index contributed by atoms with van der Waals surface area (Å²) in [5.41, 5.74) is 13.7. The van der Waals surface area contributed by atoms with Crippen LogP contribution >= 0.6 is 0 Å². The topological polar surface area (TPSA) is 113 Å². The monoisotopic (exact) mass is 440 g/mol. The maximum atomic E-state index is 14.1. The maximum Gasteiger partial charge on any atom is 0.289 e. The zero-order chi connectivity index (χ0) is 23.0. The van der Waals surface area contributed by atoms with E-state index in [1.165, 1.54) is 6.07 Å². The van der Waals surface area contributed by atoms with Crippen LogP contribution in [0, 0.1) is 18.2 Å². The molecule has 0 unspecified atom stereocenters. The van der Waals surface area contributed by atoms with Gasteiger partial charge in [0.15, 0.2) is 5.76 Å². The van der Waals surface area contributed by atoms with Crippen LogP contribution in [-0.4, -0.2) is 48.7 Å². The lowest BCUT2D eigenvalue weighted by Crippen LogP contribution is -2.49. The Labute approximate surface area is 186 Å². The minimum absolute atomic E-state index is 0.0965. The predicted octanol–water partition coefficient (Wildman–Crippen LogP) is 2.64. The van der Waals surface area contributed by atoms with Gasteiger partial charge in [0, 0.05) is 43.7 Å². The van der Waals surface area contributed by atoms with E-state index in [2.05, 4.69) is 24.1 Å². The number of carbonyl (C=O) groups excluding carboxylic acids is 1. The number of furan rings is 1. The van der Waals surface area contributed by atoms with E-state index in [1.807, 2.05) is 17.9 Å². The van der Waals surface area contributed by atoms with Crippen LogP contribution in [0.15, 0.2) is 38.9 Å². The summed E-state index contributed by atoms with van der Waals surface area (Å²) in [5, 5.41) is 8.07. The Balaban J connectivity index is 1.57. The lowest BCUT2D eigenvalue weighted by atomic mass is 9.75. The molecule has 1 aliphatic heterocycles. The lowest BCUT2D eigenvalue weighted by Gasteiger charge is -2.35. The number of nitrogens with two attached hydrogens (primary N) is 2. The first-order chi connectivity index (χ1) is 15.2. The number of benzene rings is 1. The number of rotatable bonds is 3. The third-order valence-corrected chi connectivity index (χ3v) is 6.03. The summed E-state index contributed by atoms with van der Waals surface area (Å²) in [4.78, 5) is 17.0. The molecule has 32 heavy (non-hydrogen) atoms. The van der Waals surface area contributed by atoms with Crippen molar-refractivity contribution in [1.29, 1.82) is 0 Å². The highest BCUT2D eigenvalue weighted by Gasteiger charge is 2.37. The minimum Gasteiger partial charge on any atom is -0.455 e. The number of guanidine groups is 1. The van der Waals surface area contributed by atoms with Crippen LogP contribution in [0.4, 0.5) is 10.1 Å². The maximum absolute atomic E-state index is 14.1. The van der Waals surface area contributed by atoms with E-state index in [0.29, 0.717) is 56.2 Å². The van der Waals surface area contributed by atoms with Crippen molar-refractivity contribution in [1.82, 2.24) is 4.90 Å². The number of amides is 1. The van der Waals surface area contributed by atoms with E-state index < -0.39 is 0 Å². The van der Waals surface area contributed by atoms with Crippen molar-refractivity contribution in [2.75, 3.05) is 31.1 Å². The van der Waals surface area contributed by atoms with Crippen molar-refractivity contribution in [3.8, 4) is 0 Å². The fourth-order valence-corrected chi connectivity index (χ4v) is 4.52. The molecule has 0 spiro atoms. The molecule has 2 heterocycles. The second-order valence-electron chi connectivity index (χ2n) is 9.17. The number of nitrogens with zero attached hydrogens (tertiary/aromatic N) is 4. The van der Waals surface area contributed by atoms with Crippen LogP contribution in [-0.2, 0) is 6.42 Å².